The summed E-state index contributed by atoms with van der Waals surface area (Å²) in [6, 6.07) is 11.2. The summed E-state index contributed by atoms with van der Waals surface area (Å²) in [5.74, 6) is -0.610. The average molecular weight is 392 g/mol. The van der Waals surface area contributed by atoms with Crippen LogP contribution in [-0.4, -0.2) is 39.3 Å². The lowest BCUT2D eigenvalue weighted by Gasteiger charge is -2.17. The molecule has 0 bridgehead atoms. The van der Waals surface area contributed by atoms with Crippen LogP contribution < -0.4 is 4.90 Å². The van der Waals surface area contributed by atoms with Crippen LogP contribution in [0.5, 0.6) is 0 Å². The van der Waals surface area contributed by atoms with Gasteiger partial charge in [0.2, 0.25) is 0 Å². The third-order valence-electron chi connectivity index (χ3n) is 4.73. The predicted octanol–water partition coefficient (Wildman–Crippen LogP) is 4.49. The first-order valence-corrected chi connectivity index (χ1v) is 11.1. The number of carbonyl (C=O) groups is 1. The second-order valence-corrected chi connectivity index (χ2v) is 9.18. The molecule has 0 aliphatic carbocycles. The lowest BCUT2D eigenvalue weighted by molar-refractivity contribution is -0.137. The maximum absolute atomic E-state index is 12.9. The molecule has 0 fully saturated rings. The van der Waals surface area contributed by atoms with Crippen molar-refractivity contribution in [3.8, 4) is 0 Å². The van der Waals surface area contributed by atoms with Gasteiger partial charge in [0, 0.05) is 37.0 Å². The third kappa shape index (κ3) is 5.96. The monoisotopic (exact) mass is 391 g/mol. The SMILES string of the molecule is CN(C)c1cccc2c(S(=O)(=O)CCCCCCCCC(=O)O)cccc12. The number of unbranched alkanes of at least 4 members (excludes halogenated alkanes) is 5. The molecule has 0 heterocycles. The van der Waals surface area contributed by atoms with E-state index in [1.165, 1.54) is 0 Å². The van der Waals surface area contributed by atoms with E-state index in [2.05, 4.69) is 0 Å². The molecule has 0 aliphatic heterocycles. The van der Waals surface area contributed by atoms with Gasteiger partial charge < -0.3 is 10.0 Å². The number of carboxylic acids is 1. The fourth-order valence-electron chi connectivity index (χ4n) is 3.31. The molecule has 0 saturated heterocycles. The summed E-state index contributed by atoms with van der Waals surface area (Å²) >= 11 is 0. The number of anilines is 1. The summed E-state index contributed by atoms with van der Waals surface area (Å²) in [6.07, 6.45) is 5.16. The van der Waals surface area contributed by atoms with Crippen LogP contribution >= 0.6 is 0 Å². The fraction of sp³-hybridized carbons (Fsp3) is 0.476. The summed E-state index contributed by atoms with van der Waals surface area (Å²) in [5, 5.41) is 10.3. The van der Waals surface area contributed by atoms with Gasteiger partial charge >= 0.3 is 5.97 Å². The average Bonchev–Trinajstić information content (AvgIpc) is 2.62. The minimum absolute atomic E-state index is 0.146. The van der Waals surface area contributed by atoms with Crippen molar-refractivity contribution in [2.24, 2.45) is 0 Å². The topological polar surface area (TPSA) is 74.7 Å². The Morgan fingerprint density at radius 3 is 2.15 bits per heavy atom. The number of hydrogen-bond donors (Lipinski definition) is 1. The van der Waals surface area contributed by atoms with Crippen molar-refractivity contribution in [3.05, 3.63) is 36.4 Å². The summed E-state index contributed by atoms with van der Waals surface area (Å²) in [7, 11) is 0.567. The second-order valence-electron chi connectivity index (χ2n) is 7.11. The van der Waals surface area contributed by atoms with Crippen LogP contribution in [0.3, 0.4) is 0 Å². The van der Waals surface area contributed by atoms with Gasteiger partial charge in [0.25, 0.3) is 0 Å². The molecule has 0 amide bonds. The first kappa shape index (κ1) is 21.2. The second kappa shape index (κ2) is 9.74. The van der Waals surface area contributed by atoms with Gasteiger partial charge in [-0.1, -0.05) is 49.9 Å². The van der Waals surface area contributed by atoms with Gasteiger partial charge in [-0.2, -0.15) is 0 Å². The number of sulfone groups is 1. The number of carboxylic acid groups (broad SMARTS) is 1. The number of aliphatic carboxylic acids is 1. The van der Waals surface area contributed by atoms with Crippen LogP contribution in [0.25, 0.3) is 10.8 Å². The Labute approximate surface area is 161 Å². The van der Waals surface area contributed by atoms with Crippen LogP contribution in [0.1, 0.15) is 44.9 Å². The van der Waals surface area contributed by atoms with Gasteiger partial charge in [-0.05, 0) is 25.0 Å². The van der Waals surface area contributed by atoms with E-state index in [1.807, 2.05) is 49.3 Å². The molecule has 1 N–H and O–H groups in total. The van der Waals surface area contributed by atoms with Gasteiger partial charge in [0.15, 0.2) is 9.84 Å². The standard InChI is InChI=1S/C21H29NO4S/c1-22(2)19-13-9-12-18-17(19)11-10-14-20(18)27(25,26)16-8-6-4-3-5-7-15-21(23)24/h9-14H,3-8,15-16H2,1-2H3,(H,23,24). The van der Waals surface area contributed by atoms with Crippen molar-refractivity contribution < 1.29 is 18.3 Å². The Balaban J connectivity index is 1.97. The van der Waals surface area contributed by atoms with Crippen LogP contribution in [0.2, 0.25) is 0 Å². The highest BCUT2D eigenvalue weighted by Gasteiger charge is 2.18. The number of benzene rings is 2. The van der Waals surface area contributed by atoms with Crippen molar-refractivity contribution in [2.75, 3.05) is 24.7 Å². The van der Waals surface area contributed by atoms with E-state index in [-0.39, 0.29) is 12.2 Å². The third-order valence-corrected chi connectivity index (χ3v) is 6.58. The molecule has 0 saturated carbocycles. The number of nitrogens with zero attached hydrogens (tertiary/aromatic N) is 1. The highest BCUT2D eigenvalue weighted by Crippen LogP contribution is 2.31. The summed E-state index contributed by atoms with van der Waals surface area (Å²) < 4.78 is 25.7. The molecule has 0 aromatic heterocycles. The smallest absolute Gasteiger partial charge is 0.303 e. The van der Waals surface area contributed by atoms with Gasteiger partial charge in [0.05, 0.1) is 10.6 Å². The molecule has 2 aromatic carbocycles. The lowest BCUT2D eigenvalue weighted by Crippen LogP contribution is -2.10. The molecule has 0 radical (unpaired) electrons. The highest BCUT2D eigenvalue weighted by atomic mass is 32.2. The van der Waals surface area contributed by atoms with Crippen molar-refractivity contribution in [1.82, 2.24) is 0 Å². The van der Waals surface area contributed by atoms with Gasteiger partial charge in [-0.3, -0.25) is 4.79 Å². The van der Waals surface area contributed by atoms with E-state index in [0.717, 1.165) is 42.1 Å². The van der Waals surface area contributed by atoms with Crippen LogP contribution in [0.15, 0.2) is 41.3 Å². The molecular weight excluding hydrogens is 362 g/mol. The molecule has 5 nitrogen and oxygen atoms in total. The van der Waals surface area contributed by atoms with E-state index in [0.29, 0.717) is 17.7 Å². The van der Waals surface area contributed by atoms with Crippen LogP contribution in [0, 0.1) is 0 Å². The van der Waals surface area contributed by atoms with Gasteiger partial charge in [-0.15, -0.1) is 0 Å². The highest BCUT2D eigenvalue weighted by molar-refractivity contribution is 7.91. The predicted molar refractivity (Wildman–Crippen MR) is 110 cm³/mol. The first-order chi connectivity index (χ1) is 12.8. The fourth-order valence-corrected chi connectivity index (χ4v) is 4.91. The van der Waals surface area contributed by atoms with Crippen molar-refractivity contribution in [3.63, 3.8) is 0 Å². The first-order valence-electron chi connectivity index (χ1n) is 9.46. The summed E-state index contributed by atoms with van der Waals surface area (Å²) in [4.78, 5) is 12.9. The number of rotatable bonds is 11. The zero-order valence-electron chi connectivity index (χ0n) is 16.1. The minimum atomic E-state index is -3.33. The Morgan fingerprint density at radius 2 is 1.48 bits per heavy atom. The quantitative estimate of drug-likeness (QED) is 0.571. The van der Waals surface area contributed by atoms with Crippen molar-refractivity contribution in [1.29, 1.82) is 0 Å². The zero-order chi connectivity index (χ0) is 19.9. The molecule has 0 spiro atoms. The molecule has 0 aliphatic rings. The van der Waals surface area contributed by atoms with Crippen molar-refractivity contribution >= 4 is 32.3 Å². The van der Waals surface area contributed by atoms with E-state index in [4.69, 9.17) is 5.11 Å². The Bertz CT molecular complexity index is 875. The van der Waals surface area contributed by atoms with E-state index in [9.17, 15) is 13.2 Å². The van der Waals surface area contributed by atoms with Crippen LogP contribution in [0.4, 0.5) is 5.69 Å². The Kier molecular flexibility index (Phi) is 7.66. The lowest BCUT2D eigenvalue weighted by atomic mass is 10.1. The molecule has 0 unspecified atom stereocenters. The molecule has 148 valence electrons. The molecule has 2 aromatic rings. The van der Waals surface area contributed by atoms with Crippen molar-refractivity contribution in [2.45, 2.75) is 49.8 Å². The largest absolute Gasteiger partial charge is 0.481 e. The van der Waals surface area contributed by atoms with Gasteiger partial charge in [0.1, 0.15) is 0 Å². The summed E-state index contributed by atoms with van der Waals surface area (Å²) in [5.41, 5.74) is 1.01. The molecule has 0 atom stereocenters. The van der Waals surface area contributed by atoms with E-state index >= 15 is 0 Å². The van der Waals surface area contributed by atoms with Crippen LogP contribution in [-0.2, 0) is 14.6 Å². The Morgan fingerprint density at radius 1 is 0.889 bits per heavy atom. The Hall–Kier alpha value is -2.08. The normalized spacial score (nSPS) is 11.6. The minimum Gasteiger partial charge on any atom is -0.481 e. The molecule has 27 heavy (non-hydrogen) atoms. The molecule has 2 rings (SSSR count). The summed E-state index contributed by atoms with van der Waals surface area (Å²) in [6.45, 7) is 0. The molecule has 6 heteroatoms. The van der Waals surface area contributed by atoms with Gasteiger partial charge in [-0.25, -0.2) is 8.42 Å². The number of fused-ring (bicyclic) bond motifs is 1. The maximum atomic E-state index is 12.9. The molecular formula is C21H29NO4S. The number of hydrogen-bond acceptors (Lipinski definition) is 4. The van der Waals surface area contributed by atoms with E-state index in [1.54, 1.807) is 6.07 Å². The van der Waals surface area contributed by atoms with E-state index < -0.39 is 15.8 Å². The maximum Gasteiger partial charge on any atom is 0.303 e. The zero-order valence-corrected chi connectivity index (χ0v) is 17.0.